The molecular weight excluding hydrogens is 352 g/mol. The number of pyridine rings is 1. The van der Waals surface area contributed by atoms with Gasteiger partial charge in [-0.15, -0.1) is 0 Å². The van der Waals surface area contributed by atoms with E-state index in [0.29, 0.717) is 11.6 Å². The Morgan fingerprint density at radius 1 is 1.12 bits per heavy atom. The van der Waals surface area contributed by atoms with E-state index in [-0.39, 0.29) is 5.69 Å². The first-order chi connectivity index (χ1) is 12.5. The number of hydrogen-bond acceptors (Lipinski definition) is 3. The summed E-state index contributed by atoms with van der Waals surface area (Å²) in [7, 11) is 0. The molecule has 0 radical (unpaired) electrons. The van der Waals surface area contributed by atoms with Crippen molar-refractivity contribution in [3.8, 4) is 11.3 Å². The van der Waals surface area contributed by atoms with Crippen LogP contribution in [0.5, 0.6) is 0 Å². The zero-order valence-corrected chi connectivity index (χ0v) is 14.7. The maximum Gasteiger partial charge on any atom is 0.356 e. The topological polar surface area (TPSA) is 72.4 Å². The van der Waals surface area contributed by atoms with Crippen LogP contribution in [0, 0.1) is 6.92 Å². The number of aromatic carboxylic acids is 1. The molecule has 0 aliphatic heterocycles. The molecule has 3 heterocycles. The van der Waals surface area contributed by atoms with Crippen LogP contribution in [-0.4, -0.2) is 30.5 Å². The SMILES string of the molecule is Cc1cc(C(=O)O)nn1Cc1cccc2cc(-c3ccc(Cl)cc3)nn12. The van der Waals surface area contributed by atoms with Gasteiger partial charge < -0.3 is 5.11 Å². The van der Waals surface area contributed by atoms with Gasteiger partial charge in [0.05, 0.1) is 23.4 Å². The minimum atomic E-state index is -1.03. The summed E-state index contributed by atoms with van der Waals surface area (Å²) in [5.41, 5.74) is 4.51. The first-order valence-electron chi connectivity index (χ1n) is 8.02. The van der Waals surface area contributed by atoms with Gasteiger partial charge in [0, 0.05) is 16.3 Å². The van der Waals surface area contributed by atoms with Gasteiger partial charge in [-0.05, 0) is 43.3 Å². The Kier molecular flexibility index (Phi) is 3.97. The molecule has 0 saturated heterocycles. The van der Waals surface area contributed by atoms with E-state index in [1.54, 1.807) is 10.7 Å². The van der Waals surface area contributed by atoms with Crippen LogP contribution < -0.4 is 0 Å². The Morgan fingerprint density at radius 2 is 1.88 bits per heavy atom. The second-order valence-electron chi connectivity index (χ2n) is 6.02. The number of carbonyl (C=O) groups is 1. The number of carboxylic acid groups (broad SMARTS) is 1. The molecule has 0 amide bonds. The molecule has 0 fully saturated rings. The minimum Gasteiger partial charge on any atom is -0.476 e. The highest BCUT2D eigenvalue weighted by Crippen LogP contribution is 2.23. The van der Waals surface area contributed by atoms with Crippen molar-refractivity contribution < 1.29 is 9.90 Å². The molecule has 7 heteroatoms. The highest BCUT2D eigenvalue weighted by molar-refractivity contribution is 6.30. The van der Waals surface area contributed by atoms with Crippen molar-refractivity contribution in [2.45, 2.75) is 13.5 Å². The summed E-state index contributed by atoms with van der Waals surface area (Å²) in [4.78, 5) is 11.1. The molecule has 4 aromatic rings. The Hall–Kier alpha value is -3.12. The fraction of sp³-hybridized carbons (Fsp3) is 0.105. The average Bonchev–Trinajstić information content (AvgIpc) is 3.20. The van der Waals surface area contributed by atoms with E-state index in [2.05, 4.69) is 5.10 Å². The zero-order chi connectivity index (χ0) is 18.3. The van der Waals surface area contributed by atoms with Gasteiger partial charge in [0.2, 0.25) is 0 Å². The fourth-order valence-electron chi connectivity index (χ4n) is 2.88. The molecule has 26 heavy (non-hydrogen) atoms. The first-order valence-corrected chi connectivity index (χ1v) is 8.40. The number of halogens is 1. The van der Waals surface area contributed by atoms with Crippen LogP contribution in [0.4, 0.5) is 0 Å². The number of fused-ring (bicyclic) bond motifs is 1. The molecule has 0 atom stereocenters. The molecule has 0 saturated carbocycles. The predicted octanol–water partition coefficient (Wildman–Crippen LogP) is 3.91. The van der Waals surface area contributed by atoms with Crippen molar-refractivity contribution in [1.82, 2.24) is 19.4 Å². The van der Waals surface area contributed by atoms with E-state index in [4.69, 9.17) is 21.8 Å². The molecule has 130 valence electrons. The van der Waals surface area contributed by atoms with Gasteiger partial charge in [-0.25, -0.2) is 9.31 Å². The maximum absolute atomic E-state index is 11.1. The molecule has 0 bridgehead atoms. The number of aromatic nitrogens is 4. The molecule has 0 aliphatic rings. The van der Waals surface area contributed by atoms with Crippen molar-refractivity contribution >= 4 is 23.1 Å². The Balaban J connectivity index is 1.74. The van der Waals surface area contributed by atoms with Crippen LogP contribution in [0.1, 0.15) is 21.9 Å². The highest BCUT2D eigenvalue weighted by Gasteiger charge is 2.13. The lowest BCUT2D eigenvalue weighted by Crippen LogP contribution is -2.09. The van der Waals surface area contributed by atoms with Crippen molar-refractivity contribution in [3.05, 3.63) is 76.7 Å². The molecule has 0 unspecified atom stereocenters. The highest BCUT2D eigenvalue weighted by atomic mass is 35.5. The van der Waals surface area contributed by atoms with Crippen LogP contribution in [0.2, 0.25) is 5.02 Å². The van der Waals surface area contributed by atoms with Crippen LogP contribution in [0.25, 0.3) is 16.8 Å². The van der Waals surface area contributed by atoms with Gasteiger partial charge in [-0.2, -0.15) is 10.2 Å². The Morgan fingerprint density at radius 3 is 2.58 bits per heavy atom. The van der Waals surface area contributed by atoms with E-state index in [1.807, 2.05) is 60.0 Å². The third-order valence-electron chi connectivity index (χ3n) is 4.22. The number of aryl methyl sites for hydroxylation is 1. The van der Waals surface area contributed by atoms with Crippen LogP contribution >= 0.6 is 11.6 Å². The lowest BCUT2D eigenvalue weighted by atomic mass is 10.1. The number of nitrogens with zero attached hydrogens (tertiary/aromatic N) is 4. The van der Waals surface area contributed by atoms with E-state index in [1.165, 1.54) is 0 Å². The Bertz CT molecular complexity index is 1110. The molecule has 1 aromatic carbocycles. The summed E-state index contributed by atoms with van der Waals surface area (Å²) in [6.45, 7) is 2.26. The number of hydrogen-bond donors (Lipinski definition) is 1. The molecule has 0 spiro atoms. The van der Waals surface area contributed by atoms with Gasteiger partial charge in [0.1, 0.15) is 0 Å². The van der Waals surface area contributed by atoms with Crippen molar-refractivity contribution in [2.24, 2.45) is 0 Å². The largest absolute Gasteiger partial charge is 0.476 e. The second-order valence-corrected chi connectivity index (χ2v) is 6.46. The molecule has 4 rings (SSSR count). The summed E-state index contributed by atoms with van der Waals surface area (Å²) in [5.74, 6) is -1.03. The molecule has 6 nitrogen and oxygen atoms in total. The Labute approximate surface area is 154 Å². The maximum atomic E-state index is 11.1. The summed E-state index contributed by atoms with van der Waals surface area (Å²) >= 11 is 5.96. The quantitative estimate of drug-likeness (QED) is 0.594. The van der Waals surface area contributed by atoms with Gasteiger partial charge >= 0.3 is 5.97 Å². The van der Waals surface area contributed by atoms with Crippen LogP contribution in [0.15, 0.2) is 54.6 Å². The minimum absolute atomic E-state index is 0.0389. The van der Waals surface area contributed by atoms with Crippen molar-refractivity contribution in [2.75, 3.05) is 0 Å². The van der Waals surface area contributed by atoms with E-state index < -0.39 is 5.97 Å². The zero-order valence-electron chi connectivity index (χ0n) is 13.9. The van der Waals surface area contributed by atoms with Crippen molar-refractivity contribution in [3.63, 3.8) is 0 Å². The van der Waals surface area contributed by atoms with Gasteiger partial charge in [-0.3, -0.25) is 4.68 Å². The lowest BCUT2D eigenvalue weighted by molar-refractivity contribution is 0.0689. The van der Waals surface area contributed by atoms with Crippen LogP contribution in [-0.2, 0) is 6.54 Å². The van der Waals surface area contributed by atoms with E-state index in [0.717, 1.165) is 28.2 Å². The molecular formula is C19H15ClN4O2. The third-order valence-corrected chi connectivity index (χ3v) is 4.47. The monoisotopic (exact) mass is 366 g/mol. The standard InChI is InChI=1S/C19H15ClN4O2/c1-12-9-18(19(25)26)21-23(12)11-16-4-2-3-15-10-17(22-24(15)16)13-5-7-14(20)8-6-13/h2-10H,11H2,1H3,(H,25,26). The van der Waals surface area contributed by atoms with E-state index >= 15 is 0 Å². The summed E-state index contributed by atoms with van der Waals surface area (Å²) in [6.07, 6.45) is 0. The predicted molar refractivity (Wildman–Crippen MR) is 98.7 cm³/mol. The van der Waals surface area contributed by atoms with Crippen LogP contribution in [0.3, 0.4) is 0 Å². The molecule has 1 N–H and O–H groups in total. The summed E-state index contributed by atoms with van der Waals surface area (Å²) in [6, 6.07) is 17.0. The smallest absolute Gasteiger partial charge is 0.356 e. The normalized spacial score (nSPS) is 11.2. The number of rotatable bonds is 4. The summed E-state index contributed by atoms with van der Waals surface area (Å²) < 4.78 is 3.52. The third kappa shape index (κ3) is 2.95. The van der Waals surface area contributed by atoms with Gasteiger partial charge in [-0.1, -0.05) is 29.8 Å². The number of benzene rings is 1. The second kappa shape index (κ2) is 6.31. The summed E-state index contributed by atoms with van der Waals surface area (Å²) in [5, 5.41) is 18.6. The molecule has 0 aliphatic carbocycles. The van der Waals surface area contributed by atoms with Gasteiger partial charge in [0.15, 0.2) is 5.69 Å². The van der Waals surface area contributed by atoms with Gasteiger partial charge in [0.25, 0.3) is 0 Å². The first kappa shape index (κ1) is 16.4. The van der Waals surface area contributed by atoms with E-state index in [9.17, 15) is 4.79 Å². The lowest BCUT2D eigenvalue weighted by Gasteiger charge is -2.07. The fourth-order valence-corrected chi connectivity index (χ4v) is 3.01. The van der Waals surface area contributed by atoms with Crippen molar-refractivity contribution in [1.29, 1.82) is 0 Å². The average molecular weight is 367 g/mol. The number of carboxylic acids is 1. The molecule has 3 aromatic heterocycles.